The van der Waals surface area contributed by atoms with Crippen LogP contribution in [0, 0.1) is 6.92 Å². The van der Waals surface area contributed by atoms with Gasteiger partial charge in [0.1, 0.15) is 6.26 Å². The molecule has 0 aliphatic heterocycles. The number of nitrogens with zero attached hydrogens (tertiary/aromatic N) is 1. The van der Waals surface area contributed by atoms with Crippen LogP contribution in [0.15, 0.2) is 42.8 Å². The number of carbonyl (C=O) groups excluding carboxylic acids is 1. The monoisotopic (exact) mass is 231 g/mol. The van der Waals surface area contributed by atoms with Gasteiger partial charge >= 0.3 is 5.97 Å². The lowest BCUT2D eigenvalue weighted by molar-refractivity contribution is -0.134. The molecular formula is C13H13NO3. The molecular weight excluding hydrogens is 218 g/mol. The van der Waals surface area contributed by atoms with Crippen molar-refractivity contribution in [1.29, 1.82) is 0 Å². The number of hydrogen-bond donors (Lipinski definition) is 0. The molecule has 0 aliphatic rings. The fraction of sp³-hybridized carbons (Fsp3) is 0.154. The first-order valence-corrected chi connectivity index (χ1v) is 5.20. The van der Waals surface area contributed by atoms with Crippen LogP contribution in [0.3, 0.4) is 0 Å². The number of rotatable bonds is 3. The summed E-state index contributed by atoms with van der Waals surface area (Å²) in [5.41, 5.74) is 2.11. The molecule has 1 aromatic heterocycles. The second-order valence-electron chi connectivity index (χ2n) is 3.64. The molecule has 17 heavy (non-hydrogen) atoms. The third-order valence-corrected chi connectivity index (χ3v) is 2.39. The van der Waals surface area contributed by atoms with Crippen molar-refractivity contribution < 1.29 is 14.4 Å². The Kier molecular flexibility index (Phi) is 3.14. The van der Waals surface area contributed by atoms with E-state index in [0.29, 0.717) is 0 Å². The zero-order valence-corrected chi connectivity index (χ0v) is 9.71. The van der Waals surface area contributed by atoms with Gasteiger partial charge in [0.25, 0.3) is 0 Å². The third kappa shape index (κ3) is 2.47. The summed E-state index contributed by atoms with van der Waals surface area (Å²) in [4.78, 5) is 16.2. The molecule has 0 unspecified atom stereocenters. The van der Waals surface area contributed by atoms with E-state index in [1.54, 1.807) is 10.9 Å². The van der Waals surface area contributed by atoms with E-state index in [1.165, 1.54) is 19.4 Å². The number of aryl methyl sites for hydroxylation is 1. The van der Waals surface area contributed by atoms with Crippen LogP contribution in [0.4, 0.5) is 0 Å². The molecule has 2 aromatic rings. The standard InChI is InChI=1S/C13H13NO3/c1-10-3-4-11-5-7-14(12(11)9-10)17-8-6-13(15)16-2/h3-9H,1-2H3/b8-6+. The largest absolute Gasteiger partial charge is 0.466 e. The van der Waals surface area contributed by atoms with Crippen LogP contribution in [0.1, 0.15) is 5.56 Å². The van der Waals surface area contributed by atoms with Crippen LogP contribution in [-0.2, 0) is 9.53 Å². The van der Waals surface area contributed by atoms with Crippen molar-refractivity contribution in [1.82, 2.24) is 4.73 Å². The maximum Gasteiger partial charge on any atom is 0.333 e. The number of esters is 1. The van der Waals surface area contributed by atoms with Gasteiger partial charge in [-0.1, -0.05) is 12.1 Å². The summed E-state index contributed by atoms with van der Waals surface area (Å²) >= 11 is 0. The molecule has 0 amide bonds. The molecule has 0 aliphatic carbocycles. The van der Waals surface area contributed by atoms with Crippen molar-refractivity contribution in [3.63, 3.8) is 0 Å². The molecule has 0 saturated carbocycles. The molecule has 2 rings (SSSR count). The predicted molar refractivity (Wildman–Crippen MR) is 64.4 cm³/mol. The normalized spacial score (nSPS) is 10.9. The van der Waals surface area contributed by atoms with Crippen molar-refractivity contribution in [3.05, 3.63) is 48.4 Å². The molecule has 0 radical (unpaired) electrons. The van der Waals surface area contributed by atoms with Crippen molar-refractivity contribution in [2.45, 2.75) is 6.92 Å². The summed E-state index contributed by atoms with van der Waals surface area (Å²) < 4.78 is 6.06. The Morgan fingerprint density at radius 3 is 2.94 bits per heavy atom. The topological polar surface area (TPSA) is 40.5 Å². The molecule has 0 bridgehead atoms. The van der Waals surface area contributed by atoms with Gasteiger partial charge < -0.3 is 9.57 Å². The molecule has 0 fully saturated rings. The second-order valence-corrected chi connectivity index (χ2v) is 3.64. The zero-order valence-electron chi connectivity index (χ0n) is 9.71. The van der Waals surface area contributed by atoms with E-state index < -0.39 is 5.97 Å². The van der Waals surface area contributed by atoms with Gasteiger partial charge in [-0.25, -0.2) is 4.79 Å². The molecule has 0 spiro atoms. The minimum Gasteiger partial charge on any atom is -0.466 e. The predicted octanol–water partition coefficient (Wildman–Crippen LogP) is 2.07. The van der Waals surface area contributed by atoms with E-state index in [-0.39, 0.29) is 0 Å². The Morgan fingerprint density at radius 1 is 1.35 bits per heavy atom. The fourth-order valence-corrected chi connectivity index (χ4v) is 1.53. The second kappa shape index (κ2) is 4.74. The Labute approximate surface area is 99.0 Å². The highest BCUT2D eigenvalue weighted by molar-refractivity contribution is 5.82. The first kappa shape index (κ1) is 11.3. The van der Waals surface area contributed by atoms with Gasteiger partial charge in [-0.2, -0.15) is 4.73 Å². The lowest BCUT2D eigenvalue weighted by atomic mass is 10.2. The summed E-state index contributed by atoms with van der Waals surface area (Å²) in [5, 5.41) is 1.09. The molecule has 4 heteroatoms. The number of hydrogen-bond acceptors (Lipinski definition) is 3. The van der Waals surface area contributed by atoms with E-state index in [2.05, 4.69) is 4.74 Å². The minimum absolute atomic E-state index is 0.447. The summed E-state index contributed by atoms with van der Waals surface area (Å²) in [6.07, 6.45) is 4.32. The Balaban J connectivity index is 2.21. The van der Waals surface area contributed by atoms with Crippen molar-refractivity contribution >= 4 is 16.9 Å². The highest BCUT2D eigenvalue weighted by atomic mass is 16.6. The number of fused-ring (bicyclic) bond motifs is 1. The summed E-state index contributed by atoms with van der Waals surface area (Å²) in [6.45, 7) is 2.01. The molecule has 0 saturated heterocycles. The van der Waals surface area contributed by atoms with E-state index in [4.69, 9.17) is 4.84 Å². The quantitative estimate of drug-likeness (QED) is 0.461. The number of ether oxygens (including phenoxy) is 1. The van der Waals surface area contributed by atoms with Crippen molar-refractivity contribution in [2.75, 3.05) is 7.11 Å². The lowest BCUT2D eigenvalue weighted by Gasteiger charge is -2.03. The van der Waals surface area contributed by atoms with Gasteiger partial charge in [0, 0.05) is 11.6 Å². The van der Waals surface area contributed by atoms with Gasteiger partial charge in [-0.3, -0.25) is 0 Å². The SMILES string of the molecule is COC(=O)/C=C/On1ccc2ccc(C)cc21. The molecule has 0 atom stereocenters. The number of benzene rings is 1. The highest BCUT2D eigenvalue weighted by Gasteiger charge is 2.00. The number of aromatic nitrogens is 1. The average Bonchev–Trinajstić information content (AvgIpc) is 2.72. The first-order valence-electron chi connectivity index (χ1n) is 5.20. The van der Waals surface area contributed by atoms with Crippen LogP contribution in [0.25, 0.3) is 10.9 Å². The molecule has 0 N–H and O–H groups in total. The Hall–Kier alpha value is -2.23. The van der Waals surface area contributed by atoms with E-state index in [1.807, 2.05) is 31.2 Å². The van der Waals surface area contributed by atoms with Crippen LogP contribution < -0.4 is 4.84 Å². The maximum absolute atomic E-state index is 10.9. The lowest BCUT2D eigenvalue weighted by Crippen LogP contribution is -2.04. The fourth-order valence-electron chi connectivity index (χ4n) is 1.53. The Bertz CT molecular complexity index is 569. The van der Waals surface area contributed by atoms with Gasteiger partial charge in [0.05, 0.1) is 18.7 Å². The van der Waals surface area contributed by atoms with Crippen LogP contribution in [0.2, 0.25) is 0 Å². The Morgan fingerprint density at radius 2 is 2.18 bits per heavy atom. The van der Waals surface area contributed by atoms with Crippen LogP contribution in [-0.4, -0.2) is 17.8 Å². The van der Waals surface area contributed by atoms with Crippen molar-refractivity contribution in [2.24, 2.45) is 0 Å². The maximum atomic E-state index is 10.9. The number of methoxy groups -OCH3 is 1. The smallest absolute Gasteiger partial charge is 0.333 e. The van der Waals surface area contributed by atoms with E-state index >= 15 is 0 Å². The summed E-state index contributed by atoms with van der Waals surface area (Å²) in [6, 6.07) is 8.02. The van der Waals surface area contributed by atoms with Crippen molar-refractivity contribution in [3.8, 4) is 0 Å². The summed E-state index contributed by atoms with van der Waals surface area (Å²) in [5.74, 6) is -0.447. The third-order valence-electron chi connectivity index (χ3n) is 2.39. The van der Waals surface area contributed by atoms with Crippen LogP contribution in [0.5, 0.6) is 0 Å². The average molecular weight is 231 g/mol. The van der Waals surface area contributed by atoms with E-state index in [9.17, 15) is 4.79 Å². The van der Waals surface area contributed by atoms with Gasteiger partial charge in [-0.05, 0) is 24.6 Å². The van der Waals surface area contributed by atoms with E-state index in [0.717, 1.165) is 16.5 Å². The van der Waals surface area contributed by atoms with Gasteiger partial charge in [-0.15, -0.1) is 0 Å². The number of carbonyl (C=O) groups is 1. The molecule has 88 valence electrons. The van der Waals surface area contributed by atoms with Gasteiger partial charge in [0.2, 0.25) is 0 Å². The first-order chi connectivity index (χ1) is 8.20. The minimum atomic E-state index is -0.447. The molecule has 1 heterocycles. The highest BCUT2D eigenvalue weighted by Crippen LogP contribution is 2.16. The van der Waals surface area contributed by atoms with Gasteiger partial charge in [0.15, 0.2) is 0 Å². The zero-order chi connectivity index (χ0) is 12.3. The molecule has 4 nitrogen and oxygen atoms in total. The van der Waals surface area contributed by atoms with Crippen LogP contribution >= 0.6 is 0 Å². The summed E-state index contributed by atoms with van der Waals surface area (Å²) in [7, 11) is 1.32. The molecule has 1 aromatic carbocycles.